The third kappa shape index (κ3) is 1.69. The minimum Gasteiger partial charge on any atom is -0.279 e. The third-order valence-electron chi connectivity index (χ3n) is 1.70. The van der Waals surface area contributed by atoms with E-state index in [1.807, 2.05) is 24.3 Å². The van der Waals surface area contributed by atoms with Gasteiger partial charge in [0, 0.05) is 0 Å². The highest BCUT2D eigenvalue weighted by Crippen LogP contribution is 2.11. The van der Waals surface area contributed by atoms with Gasteiger partial charge in [-0.3, -0.25) is 10.3 Å². The van der Waals surface area contributed by atoms with Crippen molar-refractivity contribution in [1.29, 1.82) is 0 Å². The molecule has 0 atom stereocenters. The average molecular weight is 191 g/mol. The van der Waals surface area contributed by atoms with Gasteiger partial charge < -0.3 is 0 Å². The summed E-state index contributed by atoms with van der Waals surface area (Å²) in [6.45, 7) is 0. The van der Waals surface area contributed by atoms with Crippen LogP contribution in [0.1, 0.15) is 0 Å². The molecule has 14 heavy (non-hydrogen) atoms. The summed E-state index contributed by atoms with van der Waals surface area (Å²) in [7, 11) is 1.56. The van der Waals surface area contributed by atoms with Crippen LogP contribution in [0.4, 0.5) is 5.69 Å². The van der Waals surface area contributed by atoms with Crippen molar-refractivity contribution in [2.45, 2.75) is 0 Å². The first-order valence-electron chi connectivity index (χ1n) is 4.02. The maximum absolute atomic E-state index is 4.76. The highest BCUT2D eigenvalue weighted by Gasteiger charge is 1.97. The highest BCUT2D eigenvalue weighted by atomic mass is 16.6. The number of hydrogen-bond acceptors (Lipinski definition) is 5. The van der Waals surface area contributed by atoms with Crippen molar-refractivity contribution in [1.82, 2.24) is 20.2 Å². The minimum atomic E-state index is 0.879. The molecule has 1 heterocycles. The minimum absolute atomic E-state index is 0.879. The van der Waals surface area contributed by atoms with E-state index in [-0.39, 0.29) is 0 Å². The second-order valence-electron chi connectivity index (χ2n) is 2.61. The Hall–Kier alpha value is -1.95. The first-order valence-corrected chi connectivity index (χ1v) is 4.02. The fourth-order valence-corrected chi connectivity index (χ4v) is 1.08. The third-order valence-corrected chi connectivity index (χ3v) is 1.70. The van der Waals surface area contributed by atoms with Crippen molar-refractivity contribution in [3.63, 3.8) is 0 Å². The molecule has 0 aliphatic heterocycles. The molecule has 0 aliphatic carbocycles. The normalized spacial score (nSPS) is 10.1. The Balaban J connectivity index is 2.22. The van der Waals surface area contributed by atoms with Crippen molar-refractivity contribution in [3.05, 3.63) is 30.6 Å². The first-order chi connectivity index (χ1) is 6.90. The Morgan fingerprint density at radius 2 is 2.07 bits per heavy atom. The van der Waals surface area contributed by atoms with E-state index >= 15 is 0 Å². The van der Waals surface area contributed by atoms with E-state index in [0.717, 1.165) is 11.4 Å². The second-order valence-corrected chi connectivity index (χ2v) is 2.61. The molecule has 0 fully saturated rings. The number of anilines is 1. The zero-order valence-corrected chi connectivity index (χ0v) is 7.58. The van der Waals surface area contributed by atoms with Gasteiger partial charge in [-0.05, 0) is 34.7 Å². The number of aromatic nitrogens is 4. The molecule has 2 rings (SSSR count). The zero-order valence-electron chi connectivity index (χ0n) is 7.58. The Morgan fingerprint density at radius 1 is 1.29 bits per heavy atom. The van der Waals surface area contributed by atoms with Crippen LogP contribution in [0.3, 0.4) is 0 Å². The summed E-state index contributed by atoms with van der Waals surface area (Å²) >= 11 is 0. The van der Waals surface area contributed by atoms with E-state index in [2.05, 4.69) is 21.0 Å². The summed E-state index contributed by atoms with van der Waals surface area (Å²) in [4.78, 5) is 4.76. The summed E-state index contributed by atoms with van der Waals surface area (Å²) in [6, 6.07) is 7.52. The molecule has 0 saturated heterocycles. The molecule has 0 saturated carbocycles. The van der Waals surface area contributed by atoms with Crippen molar-refractivity contribution in [2.24, 2.45) is 0 Å². The van der Waals surface area contributed by atoms with Crippen molar-refractivity contribution in [3.8, 4) is 5.69 Å². The van der Waals surface area contributed by atoms with Crippen LogP contribution in [0.2, 0.25) is 0 Å². The van der Waals surface area contributed by atoms with Gasteiger partial charge in [-0.1, -0.05) is 0 Å². The number of rotatable bonds is 3. The number of hydrogen-bond donors (Lipinski definition) is 1. The number of nitrogens with one attached hydrogen (secondary N) is 1. The topological polar surface area (TPSA) is 64.9 Å². The van der Waals surface area contributed by atoms with Crippen molar-refractivity contribution < 1.29 is 4.84 Å². The van der Waals surface area contributed by atoms with Crippen LogP contribution < -0.4 is 5.48 Å². The smallest absolute Gasteiger partial charge is 0.143 e. The summed E-state index contributed by atoms with van der Waals surface area (Å²) in [5.74, 6) is 0. The first kappa shape index (κ1) is 8.64. The Labute approximate surface area is 80.5 Å². The van der Waals surface area contributed by atoms with Gasteiger partial charge in [0.1, 0.15) is 6.33 Å². The van der Waals surface area contributed by atoms with Crippen LogP contribution in [-0.2, 0) is 4.84 Å². The molecule has 6 heteroatoms. The lowest BCUT2D eigenvalue weighted by Gasteiger charge is -2.03. The summed E-state index contributed by atoms with van der Waals surface area (Å²) in [6.07, 6.45) is 1.54. The van der Waals surface area contributed by atoms with E-state index in [1.54, 1.807) is 18.1 Å². The van der Waals surface area contributed by atoms with E-state index in [0.29, 0.717) is 0 Å². The predicted octanol–water partition coefficient (Wildman–Crippen LogP) is 0.636. The molecule has 6 nitrogen and oxygen atoms in total. The molecule has 0 bridgehead atoms. The monoisotopic (exact) mass is 191 g/mol. The van der Waals surface area contributed by atoms with Crippen LogP contribution in [0.15, 0.2) is 30.6 Å². The summed E-state index contributed by atoms with van der Waals surface area (Å²) in [5.41, 5.74) is 4.50. The lowest BCUT2D eigenvalue weighted by molar-refractivity contribution is 0.271. The average Bonchev–Trinajstić information content (AvgIpc) is 2.72. The molecular formula is C8H9N5O. The lowest BCUT2D eigenvalue weighted by Crippen LogP contribution is -1.97. The Morgan fingerprint density at radius 3 is 2.64 bits per heavy atom. The van der Waals surface area contributed by atoms with E-state index < -0.39 is 0 Å². The second kappa shape index (κ2) is 3.84. The molecule has 1 N–H and O–H groups in total. The predicted molar refractivity (Wildman–Crippen MR) is 49.8 cm³/mol. The van der Waals surface area contributed by atoms with Gasteiger partial charge in [0.2, 0.25) is 0 Å². The molecule has 1 aromatic carbocycles. The summed E-state index contributed by atoms with van der Waals surface area (Å²) in [5, 5.41) is 10.9. The van der Waals surface area contributed by atoms with Gasteiger partial charge in [-0.2, -0.15) is 0 Å². The lowest BCUT2D eigenvalue weighted by atomic mass is 10.3. The molecule has 0 spiro atoms. The molecule has 0 unspecified atom stereocenters. The van der Waals surface area contributed by atoms with E-state index in [9.17, 15) is 0 Å². The van der Waals surface area contributed by atoms with Gasteiger partial charge in [0.25, 0.3) is 0 Å². The van der Waals surface area contributed by atoms with Gasteiger partial charge in [-0.25, -0.2) is 4.68 Å². The van der Waals surface area contributed by atoms with Crippen LogP contribution in [0.25, 0.3) is 5.69 Å². The SMILES string of the molecule is CONc1ccc(-n2cnnn2)cc1. The summed E-state index contributed by atoms with van der Waals surface area (Å²) < 4.78 is 1.58. The standard InChI is InChI=1S/C8H9N5O/c1-14-10-7-2-4-8(5-3-7)13-6-9-11-12-13/h2-6,10H,1H3. The maximum atomic E-state index is 4.76. The molecule has 1 aromatic heterocycles. The van der Waals surface area contributed by atoms with Crippen LogP contribution >= 0.6 is 0 Å². The van der Waals surface area contributed by atoms with E-state index in [4.69, 9.17) is 4.84 Å². The van der Waals surface area contributed by atoms with Gasteiger partial charge in [-0.15, -0.1) is 5.10 Å². The van der Waals surface area contributed by atoms with Crippen molar-refractivity contribution in [2.75, 3.05) is 12.6 Å². The van der Waals surface area contributed by atoms with Gasteiger partial charge >= 0.3 is 0 Å². The van der Waals surface area contributed by atoms with E-state index in [1.165, 1.54) is 0 Å². The largest absolute Gasteiger partial charge is 0.279 e. The van der Waals surface area contributed by atoms with Crippen LogP contribution in [0, 0.1) is 0 Å². The highest BCUT2D eigenvalue weighted by molar-refractivity contribution is 5.46. The van der Waals surface area contributed by atoms with Gasteiger partial charge in [0.15, 0.2) is 0 Å². The number of tetrazole rings is 1. The molecule has 0 radical (unpaired) electrons. The van der Waals surface area contributed by atoms with Crippen LogP contribution in [0.5, 0.6) is 0 Å². The Kier molecular flexibility index (Phi) is 2.37. The molecule has 2 aromatic rings. The number of benzene rings is 1. The molecule has 0 amide bonds. The van der Waals surface area contributed by atoms with Crippen LogP contribution in [-0.4, -0.2) is 27.3 Å². The number of nitrogens with zero attached hydrogens (tertiary/aromatic N) is 4. The fourth-order valence-electron chi connectivity index (χ4n) is 1.08. The molecule has 0 aliphatic rings. The Bertz CT molecular complexity index is 383. The maximum Gasteiger partial charge on any atom is 0.143 e. The van der Waals surface area contributed by atoms with Crippen molar-refractivity contribution >= 4 is 5.69 Å². The fraction of sp³-hybridized carbons (Fsp3) is 0.125. The zero-order chi connectivity index (χ0) is 9.80. The molecule has 72 valence electrons. The quantitative estimate of drug-likeness (QED) is 0.721. The van der Waals surface area contributed by atoms with Gasteiger partial charge in [0.05, 0.1) is 18.5 Å². The molecular weight excluding hydrogens is 182 g/mol.